The highest BCUT2D eigenvalue weighted by atomic mass is 16.5. The molecule has 1 heterocycles. The number of anilines is 1. The van der Waals surface area contributed by atoms with Gasteiger partial charge in [0.1, 0.15) is 0 Å². The van der Waals surface area contributed by atoms with E-state index in [2.05, 4.69) is 5.32 Å². The highest BCUT2D eigenvalue weighted by Crippen LogP contribution is 2.26. The van der Waals surface area contributed by atoms with E-state index in [-0.39, 0.29) is 37.4 Å². The maximum absolute atomic E-state index is 12.3. The molecule has 2 rings (SSSR count). The van der Waals surface area contributed by atoms with Crippen molar-refractivity contribution in [1.29, 1.82) is 0 Å². The first-order valence-corrected chi connectivity index (χ1v) is 7.53. The second-order valence-corrected chi connectivity index (χ2v) is 5.35. The summed E-state index contributed by atoms with van der Waals surface area (Å²) in [4.78, 5) is 25.9. The van der Waals surface area contributed by atoms with Crippen LogP contribution in [0.15, 0.2) is 24.3 Å². The van der Waals surface area contributed by atoms with Crippen LogP contribution in [0, 0.1) is 0 Å². The first-order chi connectivity index (χ1) is 10.7. The molecule has 6 heteroatoms. The van der Waals surface area contributed by atoms with Crippen molar-refractivity contribution in [1.82, 2.24) is 5.32 Å². The summed E-state index contributed by atoms with van der Waals surface area (Å²) >= 11 is 0. The molecular weight excluding hydrogens is 282 g/mol. The van der Waals surface area contributed by atoms with Crippen LogP contribution in [0.25, 0.3) is 0 Å². The molecule has 3 N–H and O–H groups in total. The first-order valence-electron chi connectivity index (χ1n) is 7.53. The van der Waals surface area contributed by atoms with Crippen LogP contribution >= 0.6 is 0 Å². The number of nitrogens with zero attached hydrogens (tertiary/aromatic N) is 1. The number of fused-ring (bicyclic) bond motifs is 1. The third-order valence-electron chi connectivity index (χ3n) is 3.86. The molecule has 0 spiro atoms. The second kappa shape index (κ2) is 7.91. The van der Waals surface area contributed by atoms with E-state index in [9.17, 15) is 9.59 Å². The number of methoxy groups -OCH3 is 1. The number of hydrogen-bond donors (Lipinski definition) is 2. The monoisotopic (exact) mass is 305 g/mol. The molecule has 1 atom stereocenters. The molecule has 1 unspecified atom stereocenters. The molecule has 0 aliphatic carbocycles. The first kappa shape index (κ1) is 16.5. The molecule has 6 nitrogen and oxygen atoms in total. The van der Waals surface area contributed by atoms with E-state index < -0.39 is 0 Å². The number of carbonyl (C=O) groups is 2. The largest absolute Gasteiger partial charge is 0.380 e. The summed E-state index contributed by atoms with van der Waals surface area (Å²) in [6.45, 7) is 0.959. The van der Waals surface area contributed by atoms with Gasteiger partial charge in [-0.1, -0.05) is 18.2 Å². The van der Waals surface area contributed by atoms with E-state index in [0.717, 1.165) is 18.5 Å². The van der Waals surface area contributed by atoms with Crippen LogP contribution < -0.4 is 16.0 Å². The maximum Gasteiger partial charge on any atom is 0.246 e. The molecule has 0 aromatic heterocycles. The zero-order valence-corrected chi connectivity index (χ0v) is 12.9. The lowest BCUT2D eigenvalue weighted by Crippen LogP contribution is -2.43. The number of carbonyl (C=O) groups excluding carboxylic acids is 2. The minimum absolute atomic E-state index is 0.00578. The fourth-order valence-corrected chi connectivity index (χ4v) is 2.60. The van der Waals surface area contributed by atoms with Crippen molar-refractivity contribution >= 4 is 17.5 Å². The highest BCUT2D eigenvalue weighted by molar-refractivity contribution is 5.97. The zero-order valence-electron chi connectivity index (χ0n) is 12.9. The molecule has 0 saturated carbocycles. The quantitative estimate of drug-likeness (QED) is 0.799. The summed E-state index contributed by atoms with van der Waals surface area (Å²) in [5.41, 5.74) is 7.60. The van der Waals surface area contributed by atoms with Crippen LogP contribution in [-0.2, 0) is 20.7 Å². The molecule has 22 heavy (non-hydrogen) atoms. The lowest BCUT2D eigenvalue weighted by atomic mass is 10.0. The summed E-state index contributed by atoms with van der Waals surface area (Å²) in [6.07, 6.45) is 1.77. The molecule has 1 aliphatic rings. The molecule has 0 radical (unpaired) electrons. The number of ether oxygens (including phenoxy) is 1. The highest BCUT2D eigenvalue weighted by Gasteiger charge is 2.22. The van der Waals surface area contributed by atoms with Gasteiger partial charge in [-0.15, -0.1) is 0 Å². The SMILES string of the molecule is COC(CN)CC(=O)NCC(=O)N1CCCc2ccccc21. The Balaban J connectivity index is 1.90. The average molecular weight is 305 g/mol. The Morgan fingerprint density at radius 2 is 2.18 bits per heavy atom. The molecule has 0 fully saturated rings. The second-order valence-electron chi connectivity index (χ2n) is 5.35. The molecule has 0 bridgehead atoms. The minimum atomic E-state index is -0.314. The van der Waals surface area contributed by atoms with Gasteiger partial charge in [-0.05, 0) is 24.5 Å². The van der Waals surface area contributed by atoms with E-state index in [4.69, 9.17) is 10.5 Å². The Kier molecular flexibility index (Phi) is 5.91. The van der Waals surface area contributed by atoms with Gasteiger partial charge in [0, 0.05) is 25.9 Å². The summed E-state index contributed by atoms with van der Waals surface area (Å²) in [7, 11) is 1.51. The molecule has 120 valence electrons. The van der Waals surface area contributed by atoms with Crippen molar-refractivity contribution in [3.63, 3.8) is 0 Å². The van der Waals surface area contributed by atoms with Crippen molar-refractivity contribution in [2.45, 2.75) is 25.4 Å². The summed E-state index contributed by atoms with van der Waals surface area (Å²) in [6, 6.07) is 7.89. The van der Waals surface area contributed by atoms with Crippen LogP contribution in [0.1, 0.15) is 18.4 Å². The van der Waals surface area contributed by atoms with Gasteiger partial charge in [-0.2, -0.15) is 0 Å². The van der Waals surface area contributed by atoms with Gasteiger partial charge in [-0.25, -0.2) is 0 Å². The molecule has 2 amide bonds. The van der Waals surface area contributed by atoms with Gasteiger partial charge in [0.2, 0.25) is 11.8 Å². The Labute approximate surface area is 130 Å². The van der Waals surface area contributed by atoms with Crippen molar-refractivity contribution < 1.29 is 14.3 Å². The molecule has 1 aromatic rings. The van der Waals surface area contributed by atoms with Gasteiger partial charge in [-0.3, -0.25) is 9.59 Å². The topological polar surface area (TPSA) is 84.7 Å². The third-order valence-corrected chi connectivity index (χ3v) is 3.86. The van der Waals surface area contributed by atoms with E-state index in [0.29, 0.717) is 6.54 Å². The predicted octanol–water partition coefficient (Wildman–Crippen LogP) is 0.446. The molecular formula is C16H23N3O3. The van der Waals surface area contributed by atoms with Crippen LogP contribution in [0.4, 0.5) is 5.69 Å². The molecule has 1 aromatic carbocycles. The summed E-state index contributed by atoms with van der Waals surface area (Å²) < 4.78 is 5.06. The molecule has 1 aliphatic heterocycles. The van der Waals surface area contributed by atoms with E-state index >= 15 is 0 Å². The number of hydrogen-bond acceptors (Lipinski definition) is 4. The number of para-hydroxylation sites is 1. The van der Waals surface area contributed by atoms with Gasteiger partial charge in [0.15, 0.2) is 0 Å². The van der Waals surface area contributed by atoms with Gasteiger partial charge in [0.05, 0.1) is 19.1 Å². The average Bonchev–Trinajstić information content (AvgIpc) is 2.57. The van der Waals surface area contributed by atoms with E-state index in [1.165, 1.54) is 12.7 Å². The van der Waals surface area contributed by atoms with E-state index in [1.54, 1.807) is 4.90 Å². The lowest BCUT2D eigenvalue weighted by Gasteiger charge is -2.29. The molecule has 0 saturated heterocycles. The van der Waals surface area contributed by atoms with Crippen LogP contribution in [0.3, 0.4) is 0 Å². The Hall–Kier alpha value is -1.92. The minimum Gasteiger partial charge on any atom is -0.380 e. The van der Waals surface area contributed by atoms with Gasteiger partial charge in [0.25, 0.3) is 0 Å². The number of amides is 2. The summed E-state index contributed by atoms with van der Waals surface area (Å²) in [5.74, 6) is -0.321. The van der Waals surface area contributed by atoms with Crippen LogP contribution in [0.2, 0.25) is 0 Å². The van der Waals surface area contributed by atoms with Crippen molar-refractivity contribution in [3.8, 4) is 0 Å². The zero-order chi connectivity index (χ0) is 15.9. The maximum atomic E-state index is 12.3. The normalized spacial score (nSPS) is 15.1. The Morgan fingerprint density at radius 1 is 1.41 bits per heavy atom. The number of benzene rings is 1. The smallest absolute Gasteiger partial charge is 0.246 e. The van der Waals surface area contributed by atoms with Crippen LogP contribution in [0.5, 0.6) is 0 Å². The van der Waals surface area contributed by atoms with Gasteiger partial charge >= 0.3 is 0 Å². The Morgan fingerprint density at radius 3 is 2.91 bits per heavy atom. The van der Waals surface area contributed by atoms with Crippen molar-refractivity contribution in [2.75, 3.05) is 31.6 Å². The van der Waals surface area contributed by atoms with E-state index in [1.807, 2.05) is 24.3 Å². The van der Waals surface area contributed by atoms with Crippen molar-refractivity contribution in [2.24, 2.45) is 5.73 Å². The van der Waals surface area contributed by atoms with Gasteiger partial charge < -0.3 is 20.7 Å². The summed E-state index contributed by atoms with van der Waals surface area (Å²) in [5, 5.41) is 2.64. The van der Waals surface area contributed by atoms with Crippen molar-refractivity contribution in [3.05, 3.63) is 29.8 Å². The fraction of sp³-hybridized carbons (Fsp3) is 0.500. The predicted molar refractivity (Wildman–Crippen MR) is 84.6 cm³/mol. The number of nitrogens with one attached hydrogen (secondary N) is 1. The fourth-order valence-electron chi connectivity index (χ4n) is 2.60. The third kappa shape index (κ3) is 4.05. The van der Waals surface area contributed by atoms with Crippen LogP contribution in [-0.4, -0.2) is 44.7 Å². The Bertz CT molecular complexity index is 529. The lowest BCUT2D eigenvalue weighted by molar-refractivity contribution is -0.126. The number of nitrogens with two attached hydrogens (primary N) is 1. The standard InChI is InChI=1S/C16H23N3O3/c1-22-13(10-17)9-15(20)18-11-16(21)19-8-4-6-12-5-2-3-7-14(12)19/h2-3,5,7,13H,4,6,8-11,17H2,1H3,(H,18,20). The number of rotatable bonds is 6. The number of aryl methyl sites for hydroxylation is 1.